The lowest BCUT2D eigenvalue weighted by Gasteiger charge is -2.12. The molecule has 1 aromatic heterocycles. The summed E-state index contributed by atoms with van der Waals surface area (Å²) in [5.41, 5.74) is 0.271. The Labute approximate surface area is 93.4 Å². The minimum atomic E-state index is 0.271. The molecule has 15 heavy (non-hydrogen) atoms. The average Bonchev–Trinajstić information content (AvgIpc) is 2.73. The van der Waals surface area contributed by atoms with Crippen LogP contribution in [0.15, 0.2) is 24.3 Å². The molecule has 4 heteroatoms. The first kappa shape index (κ1) is 10.0. The van der Waals surface area contributed by atoms with E-state index in [1.54, 1.807) is 12.1 Å². The minimum Gasteiger partial charge on any atom is -0.367 e. The highest BCUT2D eigenvalue weighted by Gasteiger charge is 2.11. The monoisotopic (exact) mass is 219 g/mol. The molecule has 1 heterocycles. The van der Waals surface area contributed by atoms with Crippen LogP contribution in [-0.4, -0.2) is 11.0 Å². The lowest BCUT2D eigenvalue weighted by Crippen LogP contribution is -2.16. The molecule has 1 aliphatic carbocycles. The molecule has 3 nitrogen and oxygen atoms in total. The number of halogens is 1. The number of nitrogens with zero attached hydrogens (tertiary/aromatic N) is 2. The van der Waals surface area contributed by atoms with Crippen molar-refractivity contribution in [3.63, 3.8) is 0 Å². The third kappa shape index (κ3) is 2.28. The topological polar surface area (TPSA) is 48.7 Å². The number of hydrogen-bond donors (Lipinski definition) is 1. The Morgan fingerprint density at radius 1 is 1.40 bits per heavy atom. The molecule has 0 fully saturated rings. The maximum absolute atomic E-state index is 8.77. The van der Waals surface area contributed by atoms with Crippen molar-refractivity contribution in [2.45, 2.75) is 18.9 Å². The zero-order valence-corrected chi connectivity index (χ0v) is 8.83. The maximum Gasteiger partial charge on any atom is 0.161 e. The molecular weight excluding hydrogens is 210 g/mol. The van der Waals surface area contributed by atoms with Crippen LogP contribution in [-0.2, 0) is 0 Å². The van der Waals surface area contributed by atoms with Crippen LogP contribution in [0.2, 0.25) is 5.02 Å². The Morgan fingerprint density at radius 2 is 2.13 bits per heavy atom. The zero-order valence-electron chi connectivity index (χ0n) is 8.07. The van der Waals surface area contributed by atoms with E-state index in [9.17, 15) is 0 Å². The zero-order chi connectivity index (χ0) is 10.7. The van der Waals surface area contributed by atoms with Crippen LogP contribution in [0.1, 0.15) is 18.5 Å². The fourth-order valence-corrected chi connectivity index (χ4v) is 1.69. The van der Waals surface area contributed by atoms with Crippen LogP contribution < -0.4 is 5.32 Å². The smallest absolute Gasteiger partial charge is 0.161 e. The van der Waals surface area contributed by atoms with Crippen molar-refractivity contribution in [1.29, 1.82) is 5.26 Å². The summed E-state index contributed by atoms with van der Waals surface area (Å²) in [6.07, 6.45) is 6.29. The van der Waals surface area contributed by atoms with Crippen LogP contribution in [0.4, 0.5) is 5.82 Å². The van der Waals surface area contributed by atoms with E-state index in [-0.39, 0.29) is 5.69 Å². The van der Waals surface area contributed by atoms with Gasteiger partial charge >= 0.3 is 0 Å². The van der Waals surface area contributed by atoms with Crippen LogP contribution in [0.5, 0.6) is 0 Å². The molecule has 0 atom stereocenters. The predicted molar refractivity (Wildman–Crippen MR) is 59.7 cm³/mol. The summed E-state index contributed by atoms with van der Waals surface area (Å²) in [5.74, 6) is 0.713. The van der Waals surface area contributed by atoms with Gasteiger partial charge in [-0.15, -0.1) is 0 Å². The fourth-order valence-electron chi connectivity index (χ4n) is 1.55. The number of rotatable bonds is 2. The van der Waals surface area contributed by atoms with E-state index >= 15 is 0 Å². The Bertz CT molecular complexity index is 426. The summed E-state index contributed by atoms with van der Waals surface area (Å²) in [5, 5.41) is 12.4. The average molecular weight is 220 g/mol. The van der Waals surface area contributed by atoms with E-state index in [0.29, 0.717) is 16.9 Å². The van der Waals surface area contributed by atoms with E-state index in [4.69, 9.17) is 16.9 Å². The number of aromatic nitrogens is 1. The van der Waals surface area contributed by atoms with Gasteiger partial charge in [0.05, 0.1) is 5.02 Å². The molecule has 0 bridgehead atoms. The molecule has 0 amide bonds. The van der Waals surface area contributed by atoms with Gasteiger partial charge in [-0.2, -0.15) is 5.26 Å². The SMILES string of the molecule is N#Cc1nc(NC2CC=CC2)ccc1Cl. The Kier molecular flexibility index (Phi) is 2.89. The molecule has 0 unspecified atom stereocenters. The van der Waals surface area contributed by atoms with E-state index < -0.39 is 0 Å². The predicted octanol–water partition coefficient (Wildman–Crippen LogP) is 2.74. The molecule has 76 valence electrons. The number of anilines is 1. The van der Waals surface area contributed by atoms with Gasteiger partial charge in [0.25, 0.3) is 0 Å². The first-order valence-electron chi connectivity index (χ1n) is 4.78. The van der Waals surface area contributed by atoms with Crippen molar-refractivity contribution in [2.75, 3.05) is 5.32 Å². The van der Waals surface area contributed by atoms with Crippen molar-refractivity contribution in [2.24, 2.45) is 0 Å². The second-order valence-electron chi connectivity index (χ2n) is 3.42. The largest absolute Gasteiger partial charge is 0.367 e. The number of pyridine rings is 1. The maximum atomic E-state index is 8.77. The molecule has 0 radical (unpaired) electrons. The van der Waals surface area contributed by atoms with Gasteiger partial charge in [0.1, 0.15) is 11.9 Å². The normalized spacial score (nSPS) is 15.2. The molecule has 1 N–H and O–H groups in total. The van der Waals surface area contributed by atoms with Crippen LogP contribution in [0.3, 0.4) is 0 Å². The van der Waals surface area contributed by atoms with Crippen molar-refractivity contribution >= 4 is 17.4 Å². The van der Waals surface area contributed by atoms with Gasteiger partial charge in [-0.1, -0.05) is 23.8 Å². The third-order valence-electron chi connectivity index (χ3n) is 2.31. The lowest BCUT2D eigenvalue weighted by atomic mass is 10.2. The number of nitrogens with one attached hydrogen (secondary N) is 1. The van der Waals surface area contributed by atoms with Gasteiger partial charge < -0.3 is 5.32 Å². The molecule has 1 aromatic rings. The van der Waals surface area contributed by atoms with E-state index in [1.165, 1.54) is 0 Å². The Hall–Kier alpha value is -1.53. The van der Waals surface area contributed by atoms with Gasteiger partial charge in [0.15, 0.2) is 5.69 Å². The molecule has 0 saturated heterocycles. The van der Waals surface area contributed by atoms with Crippen molar-refractivity contribution in [1.82, 2.24) is 4.98 Å². The highest BCUT2D eigenvalue weighted by atomic mass is 35.5. The minimum absolute atomic E-state index is 0.271. The molecule has 0 saturated carbocycles. The van der Waals surface area contributed by atoms with Gasteiger partial charge in [-0.05, 0) is 25.0 Å². The standard InChI is InChI=1S/C11H10ClN3/c12-9-5-6-11(15-10(9)7-13)14-8-3-1-2-4-8/h1-2,5-6,8H,3-4H2,(H,14,15). The highest BCUT2D eigenvalue weighted by molar-refractivity contribution is 6.31. The third-order valence-corrected chi connectivity index (χ3v) is 2.62. The van der Waals surface area contributed by atoms with Gasteiger partial charge in [-0.3, -0.25) is 0 Å². The highest BCUT2D eigenvalue weighted by Crippen LogP contribution is 2.19. The quantitative estimate of drug-likeness (QED) is 0.779. The molecule has 0 aliphatic heterocycles. The lowest BCUT2D eigenvalue weighted by molar-refractivity contribution is 0.780. The van der Waals surface area contributed by atoms with E-state index in [0.717, 1.165) is 12.8 Å². The summed E-state index contributed by atoms with van der Waals surface area (Å²) in [4.78, 5) is 4.12. The second kappa shape index (κ2) is 4.33. The van der Waals surface area contributed by atoms with Crippen molar-refractivity contribution in [3.05, 3.63) is 35.0 Å². The van der Waals surface area contributed by atoms with Crippen molar-refractivity contribution in [3.8, 4) is 6.07 Å². The van der Waals surface area contributed by atoms with Crippen LogP contribution in [0.25, 0.3) is 0 Å². The summed E-state index contributed by atoms with van der Waals surface area (Å²) in [6.45, 7) is 0. The molecule has 0 aromatic carbocycles. The molecule has 2 rings (SSSR count). The second-order valence-corrected chi connectivity index (χ2v) is 3.83. The Morgan fingerprint density at radius 3 is 2.80 bits per heavy atom. The Balaban J connectivity index is 2.12. The molecular formula is C11H10ClN3. The summed E-state index contributed by atoms with van der Waals surface area (Å²) in [6, 6.07) is 5.84. The van der Waals surface area contributed by atoms with Gasteiger partial charge in [0, 0.05) is 6.04 Å². The molecule has 0 spiro atoms. The van der Waals surface area contributed by atoms with Gasteiger partial charge in [-0.25, -0.2) is 4.98 Å². The van der Waals surface area contributed by atoms with E-state index in [2.05, 4.69) is 22.5 Å². The van der Waals surface area contributed by atoms with Crippen LogP contribution >= 0.6 is 11.6 Å². The summed E-state index contributed by atoms with van der Waals surface area (Å²) in [7, 11) is 0. The first-order valence-corrected chi connectivity index (χ1v) is 5.15. The summed E-state index contributed by atoms with van der Waals surface area (Å²) < 4.78 is 0. The van der Waals surface area contributed by atoms with Crippen molar-refractivity contribution < 1.29 is 0 Å². The van der Waals surface area contributed by atoms with E-state index in [1.807, 2.05) is 6.07 Å². The first-order chi connectivity index (χ1) is 7.29. The number of nitriles is 1. The molecule has 1 aliphatic rings. The number of hydrogen-bond acceptors (Lipinski definition) is 3. The van der Waals surface area contributed by atoms with Crippen LogP contribution in [0, 0.1) is 11.3 Å². The fraction of sp³-hybridized carbons (Fsp3) is 0.273. The van der Waals surface area contributed by atoms with Gasteiger partial charge in [0.2, 0.25) is 0 Å². The summed E-state index contributed by atoms with van der Waals surface area (Å²) >= 11 is 5.79.